The molecular weight excluding hydrogens is 345 g/mol. The molecule has 0 saturated carbocycles. The lowest BCUT2D eigenvalue weighted by molar-refractivity contribution is 0.492. The summed E-state index contributed by atoms with van der Waals surface area (Å²) in [7, 11) is 0. The molecule has 0 spiro atoms. The molecule has 1 heterocycles. The lowest BCUT2D eigenvalue weighted by Crippen LogP contribution is -2.23. The van der Waals surface area contributed by atoms with E-state index >= 15 is 0 Å². The van der Waals surface area contributed by atoms with Gasteiger partial charge >= 0.3 is 0 Å². The van der Waals surface area contributed by atoms with Crippen molar-refractivity contribution in [3.63, 3.8) is 0 Å². The second kappa shape index (κ2) is 6.29. The molecule has 5 heteroatoms. The zero-order valence-electron chi connectivity index (χ0n) is 11.6. The minimum Gasteiger partial charge on any atom is -0.466 e. The molecule has 0 aliphatic carbocycles. The van der Waals surface area contributed by atoms with E-state index in [1.807, 2.05) is 26.8 Å². The third-order valence-electron chi connectivity index (χ3n) is 3.17. The van der Waals surface area contributed by atoms with Crippen LogP contribution in [0.25, 0.3) is 0 Å². The van der Waals surface area contributed by atoms with E-state index in [-0.39, 0.29) is 11.1 Å². The van der Waals surface area contributed by atoms with Crippen molar-refractivity contribution in [2.45, 2.75) is 26.8 Å². The molecule has 1 aromatic carbocycles. The fourth-order valence-corrected chi connectivity index (χ4v) is 2.77. The normalized spacial score (nSPS) is 12.7. The van der Waals surface area contributed by atoms with Gasteiger partial charge in [-0.15, -0.1) is 0 Å². The first-order valence-electron chi connectivity index (χ1n) is 6.39. The van der Waals surface area contributed by atoms with Gasteiger partial charge in [-0.3, -0.25) is 0 Å². The highest BCUT2D eigenvalue weighted by Crippen LogP contribution is 2.34. The highest BCUT2D eigenvalue weighted by molar-refractivity contribution is 9.10. The molecule has 1 aromatic heterocycles. The van der Waals surface area contributed by atoms with Crippen LogP contribution in [0.5, 0.6) is 0 Å². The summed E-state index contributed by atoms with van der Waals surface area (Å²) in [6.45, 7) is 6.45. The van der Waals surface area contributed by atoms with Crippen LogP contribution in [0.1, 0.15) is 35.6 Å². The molecular formula is C15H16BrClFNO. The van der Waals surface area contributed by atoms with E-state index in [2.05, 4.69) is 21.2 Å². The van der Waals surface area contributed by atoms with E-state index in [4.69, 9.17) is 16.0 Å². The summed E-state index contributed by atoms with van der Waals surface area (Å²) >= 11 is 9.22. The summed E-state index contributed by atoms with van der Waals surface area (Å²) in [6.07, 6.45) is 0. The predicted octanol–water partition coefficient (Wildman–Crippen LogP) is 5.15. The van der Waals surface area contributed by atoms with Gasteiger partial charge in [0.1, 0.15) is 17.3 Å². The van der Waals surface area contributed by atoms with Crippen molar-refractivity contribution >= 4 is 27.5 Å². The van der Waals surface area contributed by atoms with Crippen molar-refractivity contribution in [2.24, 2.45) is 0 Å². The van der Waals surface area contributed by atoms with Gasteiger partial charge in [0.25, 0.3) is 0 Å². The smallest absolute Gasteiger partial charge is 0.148 e. The number of hydrogen-bond acceptors (Lipinski definition) is 2. The predicted molar refractivity (Wildman–Crippen MR) is 82.8 cm³/mol. The third-order valence-corrected chi connectivity index (χ3v) is 4.43. The molecule has 20 heavy (non-hydrogen) atoms. The fourth-order valence-electron chi connectivity index (χ4n) is 2.29. The highest BCUT2D eigenvalue weighted by Gasteiger charge is 2.23. The van der Waals surface area contributed by atoms with Crippen LogP contribution in [-0.4, -0.2) is 6.54 Å². The van der Waals surface area contributed by atoms with Crippen LogP contribution in [0, 0.1) is 19.7 Å². The molecule has 2 rings (SSSR count). The van der Waals surface area contributed by atoms with Crippen LogP contribution in [-0.2, 0) is 0 Å². The topological polar surface area (TPSA) is 25.2 Å². The van der Waals surface area contributed by atoms with Crippen LogP contribution in [0.4, 0.5) is 4.39 Å². The minimum absolute atomic E-state index is 0.100. The number of furan rings is 1. The van der Waals surface area contributed by atoms with Crippen molar-refractivity contribution in [3.8, 4) is 0 Å². The van der Waals surface area contributed by atoms with E-state index in [1.165, 1.54) is 0 Å². The summed E-state index contributed by atoms with van der Waals surface area (Å²) in [5.41, 5.74) is 1.45. The van der Waals surface area contributed by atoms with Gasteiger partial charge in [0.15, 0.2) is 0 Å². The molecule has 0 aliphatic rings. The number of aryl methyl sites for hydroxylation is 2. The van der Waals surface area contributed by atoms with Gasteiger partial charge in [-0.05, 0) is 48.5 Å². The summed E-state index contributed by atoms with van der Waals surface area (Å²) in [4.78, 5) is 0. The lowest BCUT2D eigenvalue weighted by Gasteiger charge is -2.19. The third kappa shape index (κ3) is 2.92. The summed E-state index contributed by atoms with van der Waals surface area (Å²) in [5, 5.41) is 3.38. The number of rotatable bonds is 4. The Kier molecular flexibility index (Phi) is 4.89. The summed E-state index contributed by atoms with van der Waals surface area (Å²) in [5.74, 6) is 1.18. The molecule has 1 atom stereocenters. The van der Waals surface area contributed by atoms with Crippen LogP contribution in [0.15, 0.2) is 27.1 Å². The first kappa shape index (κ1) is 15.5. The van der Waals surface area contributed by atoms with Gasteiger partial charge in [-0.25, -0.2) is 4.39 Å². The Morgan fingerprint density at radius 2 is 2.05 bits per heavy atom. The van der Waals surface area contributed by atoms with Crippen molar-refractivity contribution < 1.29 is 8.81 Å². The van der Waals surface area contributed by atoms with E-state index in [9.17, 15) is 4.39 Å². The Balaban J connectivity index is 2.54. The summed E-state index contributed by atoms with van der Waals surface area (Å²) < 4.78 is 20.5. The average Bonchev–Trinajstić information content (AvgIpc) is 2.73. The molecule has 1 unspecified atom stereocenters. The number of nitrogens with one attached hydrogen (secondary N) is 1. The zero-order chi connectivity index (χ0) is 14.9. The Morgan fingerprint density at radius 3 is 2.60 bits per heavy atom. The highest BCUT2D eigenvalue weighted by atomic mass is 79.9. The largest absolute Gasteiger partial charge is 0.466 e. The van der Waals surface area contributed by atoms with Gasteiger partial charge in [0, 0.05) is 15.6 Å². The molecule has 0 aliphatic heterocycles. The van der Waals surface area contributed by atoms with Gasteiger partial charge < -0.3 is 9.73 Å². The van der Waals surface area contributed by atoms with Gasteiger partial charge in [-0.2, -0.15) is 0 Å². The summed E-state index contributed by atoms with van der Waals surface area (Å²) in [6, 6.07) is 5.15. The Morgan fingerprint density at radius 1 is 1.35 bits per heavy atom. The van der Waals surface area contributed by atoms with Gasteiger partial charge in [-0.1, -0.05) is 24.6 Å². The Labute approximate surface area is 131 Å². The quantitative estimate of drug-likeness (QED) is 0.763. The lowest BCUT2D eigenvalue weighted by atomic mass is 9.98. The van der Waals surface area contributed by atoms with E-state index < -0.39 is 5.82 Å². The molecule has 0 radical (unpaired) electrons. The van der Waals surface area contributed by atoms with Gasteiger partial charge in [0.05, 0.1) is 11.1 Å². The molecule has 2 aromatic rings. The second-order valence-electron chi connectivity index (χ2n) is 4.62. The molecule has 0 fully saturated rings. The van der Waals surface area contributed by atoms with Crippen molar-refractivity contribution in [2.75, 3.05) is 6.54 Å². The van der Waals surface area contributed by atoms with Crippen molar-refractivity contribution in [1.29, 1.82) is 0 Å². The zero-order valence-corrected chi connectivity index (χ0v) is 13.9. The van der Waals surface area contributed by atoms with Gasteiger partial charge in [0.2, 0.25) is 0 Å². The van der Waals surface area contributed by atoms with Crippen molar-refractivity contribution in [3.05, 3.63) is 56.2 Å². The number of halogens is 3. The average molecular weight is 361 g/mol. The molecule has 2 nitrogen and oxygen atoms in total. The maximum absolute atomic E-state index is 14.4. The second-order valence-corrected chi connectivity index (χ2v) is 5.86. The monoisotopic (exact) mass is 359 g/mol. The number of benzene rings is 1. The van der Waals surface area contributed by atoms with Crippen LogP contribution in [0.3, 0.4) is 0 Å². The van der Waals surface area contributed by atoms with Crippen molar-refractivity contribution in [1.82, 2.24) is 5.32 Å². The van der Waals surface area contributed by atoms with E-state index in [0.717, 1.165) is 17.1 Å². The first-order chi connectivity index (χ1) is 9.45. The van der Waals surface area contributed by atoms with Crippen LogP contribution < -0.4 is 5.32 Å². The molecule has 1 N–H and O–H groups in total. The maximum Gasteiger partial charge on any atom is 0.148 e. The van der Waals surface area contributed by atoms with Crippen LogP contribution in [0.2, 0.25) is 5.02 Å². The number of hydrogen-bond donors (Lipinski definition) is 1. The molecule has 0 bridgehead atoms. The van der Waals surface area contributed by atoms with Crippen LogP contribution >= 0.6 is 27.5 Å². The Hall–Kier alpha value is -0.840. The fraction of sp³-hybridized carbons (Fsp3) is 0.333. The standard InChI is InChI=1S/C15H16BrClFNO/c1-4-19-15(11-7-8(2)20-9(11)3)10-5-6-12(16)13(17)14(10)18/h5-7,15,19H,4H2,1-3H3. The maximum atomic E-state index is 14.4. The molecule has 108 valence electrons. The van der Waals surface area contributed by atoms with E-state index in [1.54, 1.807) is 12.1 Å². The van der Waals surface area contributed by atoms with E-state index in [0.29, 0.717) is 16.6 Å². The SMILES string of the molecule is CCNC(c1cc(C)oc1C)c1ccc(Br)c(Cl)c1F. The minimum atomic E-state index is -0.412. The Bertz CT molecular complexity index is 627. The molecule has 0 amide bonds. The first-order valence-corrected chi connectivity index (χ1v) is 7.56. The molecule has 0 saturated heterocycles.